The number of likely N-dealkylation sites (tertiary alicyclic amines) is 1. The van der Waals surface area contributed by atoms with Crippen molar-refractivity contribution in [3.8, 4) is 0 Å². The second-order valence-corrected chi connectivity index (χ2v) is 6.59. The number of alkyl halides is 1. The van der Waals surface area contributed by atoms with Crippen LogP contribution in [0.1, 0.15) is 18.4 Å². The van der Waals surface area contributed by atoms with Crippen molar-refractivity contribution < 1.29 is 22.8 Å². The van der Waals surface area contributed by atoms with E-state index in [0.717, 1.165) is 12.1 Å². The lowest BCUT2D eigenvalue weighted by molar-refractivity contribution is -0.127. The van der Waals surface area contributed by atoms with Gasteiger partial charge in [-0.3, -0.25) is 9.59 Å². The molecule has 1 aliphatic rings. The van der Waals surface area contributed by atoms with Crippen molar-refractivity contribution in [1.82, 2.24) is 4.90 Å². The molecule has 1 heterocycles. The summed E-state index contributed by atoms with van der Waals surface area (Å²) >= 11 is 3.25. The molecule has 1 aromatic carbocycles. The highest BCUT2D eigenvalue weighted by atomic mass is 79.9. The van der Waals surface area contributed by atoms with Crippen LogP contribution in [0, 0.1) is 23.4 Å². The monoisotopic (exact) mass is 404 g/mol. The Kier molecular flexibility index (Phi) is 6.04. The summed E-state index contributed by atoms with van der Waals surface area (Å²) < 4.78 is 39.1. The molecule has 130 valence electrons. The van der Waals surface area contributed by atoms with E-state index in [1.165, 1.54) is 12.2 Å². The molecule has 1 aliphatic heterocycles. The fraction of sp³-hybridized carbons (Fsp3) is 0.375. The molecule has 2 amide bonds. The van der Waals surface area contributed by atoms with Gasteiger partial charge in [-0.25, -0.2) is 13.2 Å². The van der Waals surface area contributed by atoms with Crippen LogP contribution in [0.4, 0.5) is 13.2 Å². The minimum absolute atomic E-state index is 0.0592. The number of primary amides is 1. The largest absolute Gasteiger partial charge is 0.369 e. The zero-order valence-corrected chi connectivity index (χ0v) is 14.2. The third-order valence-corrected chi connectivity index (χ3v) is 5.16. The minimum Gasteiger partial charge on any atom is -0.369 e. The second kappa shape index (κ2) is 7.83. The van der Waals surface area contributed by atoms with E-state index in [-0.39, 0.29) is 17.4 Å². The predicted molar refractivity (Wildman–Crippen MR) is 86.6 cm³/mol. The molecule has 2 N–H and O–H groups in total. The number of carbonyl (C=O) groups excluding carboxylic acids is 2. The molecular weight excluding hydrogens is 389 g/mol. The highest BCUT2D eigenvalue weighted by molar-refractivity contribution is 9.10. The smallest absolute Gasteiger partial charge is 0.246 e. The molecule has 1 saturated heterocycles. The lowest BCUT2D eigenvalue weighted by Gasteiger charge is -2.32. The quantitative estimate of drug-likeness (QED) is 0.476. The summed E-state index contributed by atoms with van der Waals surface area (Å²) in [5, 5.41) is 0. The molecule has 0 saturated carbocycles. The Hall–Kier alpha value is -1.83. The standard InChI is InChI=1S/C16H16BrF3N2O2/c17-14(16(21)24)10-3-5-22(6-4-10)13(23)2-1-9-7-11(18)15(20)12(19)8-9/h1-2,7-8,10,14H,3-6H2,(H2,21,24)/b2-1+. The van der Waals surface area contributed by atoms with Crippen LogP contribution in [0.2, 0.25) is 0 Å². The van der Waals surface area contributed by atoms with Gasteiger partial charge in [0.2, 0.25) is 11.8 Å². The Balaban J connectivity index is 1.95. The number of nitrogens with two attached hydrogens (primary N) is 1. The number of rotatable bonds is 4. The third kappa shape index (κ3) is 4.37. The van der Waals surface area contributed by atoms with Crippen molar-refractivity contribution in [2.24, 2.45) is 11.7 Å². The number of halogens is 4. The van der Waals surface area contributed by atoms with E-state index in [0.29, 0.717) is 25.9 Å². The van der Waals surface area contributed by atoms with E-state index in [1.807, 2.05) is 0 Å². The summed E-state index contributed by atoms with van der Waals surface area (Å²) in [4.78, 5) is 24.4. The van der Waals surface area contributed by atoms with Gasteiger partial charge >= 0.3 is 0 Å². The molecule has 0 bridgehead atoms. The number of carbonyl (C=O) groups is 2. The predicted octanol–water partition coefficient (Wildman–Crippen LogP) is 2.60. The van der Waals surface area contributed by atoms with Crippen molar-refractivity contribution in [2.75, 3.05) is 13.1 Å². The zero-order chi connectivity index (χ0) is 17.9. The fourth-order valence-corrected chi connectivity index (χ4v) is 3.12. The van der Waals surface area contributed by atoms with Gasteiger partial charge in [-0.2, -0.15) is 0 Å². The molecule has 1 fully saturated rings. The first-order valence-corrected chi connectivity index (χ1v) is 8.26. The maximum atomic E-state index is 13.1. The molecule has 8 heteroatoms. The van der Waals surface area contributed by atoms with Crippen LogP contribution in [-0.4, -0.2) is 34.6 Å². The summed E-state index contributed by atoms with van der Waals surface area (Å²) in [5.41, 5.74) is 5.30. The average molecular weight is 405 g/mol. The number of benzene rings is 1. The normalized spacial score (nSPS) is 17.2. The maximum Gasteiger partial charge on any atom is 0.246 e. The van der Waals surface area contributed by atoms with Gasteiger partial charge in [0.15, 0.2) is 17.5 Å². The minimum atomic E-state index is -1.54. The Morgan fingerprint density at radius 2 is 1.75 bits per heavy atom. The lowest BCUT2D eigenvalue weighted by Crippen LogP contribution is -2.42. The lowest BCUT2D eigenvalue weighted by atomic mass is 9.93. The maximum absolute atomic E-state index is 13.1. The van der Waals surface area contributed by atoms with Crippen molar-refractivity contribution >= 4 is 33.8 Å². The van der Waals surface area contributed by atoms with Crippen molar-refractivity contribution in [3.05, 3.63) is 41.2 Å². The highest BCUT2D eigenvalue weighted by Gasteiger charge is 2.29. The molecule has 4 nitrogen and oxygen atoms in total. The Bertz CT molecular complexity index is 650. The fourth-order valence-electron chi connectivity index (χ4n) is 2.59. The third-order valence-electron chi connectivity index (χ3n) is 3.96. The van der Waals surface area contributed by atoms with Gasteiger partial charge in [0.1, 0.15) is 0 Å². The van der Waals surface area contributed by atoms with Crippen LogP contribution in [0.15, 0.2) is 18.2 Å². The molecule has 1 unspecified atom stereocenters. The van der Waals surface area contributed by atoms with Crippen molar-refractivity contribution in [3.63, 3.8) is 0 Å². The molecule has 1 aromatic rings. The van der Waals surface area contributed by atoms with E-state index in [9.17, 15) is 22.8 Å². The Morgan fingerprint density at radius 1 is 1.21 bits per heavy atom. The van der Waals surface area contributed by atoms with Crippen LogP contribution in [-0.2, 0) is 9.59 Å². The van der Waals surface area contributed by atoms with Crippen LogP contribution >= 0.6 is 15.9 Å². The average Bonchev–Trinajstić information content (AvgIpc) is 2.56. The van der Waals surface area contributed by atoms with E-state index < -0.39 is 28.2 Å². The number of nitrogens with zero attached hydrogens (tertiary/aromatic N) is 1. The first-order valence-electron chi connectivity index (χ1n) is 7.34. The summed E-state index contributed by atoms with van der Waals surface area (Å²) in [7, 11) is 0. The summed E-state index contributed by atoms with van der Waals surface area (Å²) in [5.74, 6) is -4.84. The van der Waals surface area contributed by atoms with Crippen LogP contribution in [0.5, 0.6) is 0 Å². The molecule has 0 spiro atoms. The topological polar surface area (TPSA) is 63.4 Å². The van der Waals surface area contributed by atoms with Gasteiger partial charge in [0, 0.05) is 19.2 Å². The first kappa shape index (κ1) is 18.5. The van der Waals surface area contributed by atoms with Gasteiger partial charge in [0.25, 0.3) is 0 Å². The van der Waals surface area contributed by atoms with Crippen LogP contribution in [0.25, 0.3) is 6.08 Å². The number of hydrogen-bond donors (Lipinski definition) is 1. The van der Waals surface area contributed by atoms with Gasteiger partial charge in [-0.05, 0) is 42.5 Å². The van der Waals surface area contributed by atoms with Crippen molar-refractivity contribution in [2.45, 2.75) is 17.7 Å². The Morgan fingerprint density at radius 3 is 2.25 bits per heavy atom. The summed E-state index contributed by atoms with van der Waals surface area (Å²) in [6.07, 6.45) is 3.67. The number of amides is 2. The molecule has 2 rings (SSSR count). The SMILES string of the molecule is NC(=O)C(Br)C1CCN(C(=O)/C=C/c2cc(F)c(F)c(F)c2)CC1. The van der Waals surface area contributed by atoms with E-state index in [4.69, 9.17) is 5.73 Å². The van der Waals surface area contributed by atoms with Crippen molar-refractivity contribution in [1.29, 1.82) is 0 Å². The van der Waals surface area contributed by atoms with E-state index in [2.05, 4.69) is 15.9 Å². The number of piperidine rings is 1. The van der Waals surface area contributed by atoms with E-state index in [1.54, 1.807) is 4.90 Å². The number of hydrogen-bond acceptors (Lipinski definition) is 2. The van der Waals surface area contributed by atoms with Gasteiger partial charge < -0.3 is 10.6 Å². The van der Waals surface area contributed by atoms with E-state index >= 15 is 0 Å². The Labute approximate surface area is 145 Å². The molecule has 0 aromatic heterocycles. The molecule has 1 atom stereocenters. The first-order chi connectivity index (χ1) is 11.3. The van der Waals surface area contributed by atoms with Crippen LogP contribution < -0.4 is 5.73 Å². The van der Waals surface area contributed by atoms with Crippen LogP contribution in [0.3, 0.4) is 0 Å². The summed E-state index contributed by atoms with van der Waals surface area (Å²) in [6.45, 7) is 0.907. The second-order valence-electron chi connectivity index (χ2n) is 5.60. The van der Waals surface area contributed by atoms with Gasteiger partial charge in [-0.1, -0.05) is 15.9 Å². The summed E-state index contributed by atoms with van der Waals surface area (Å²) in [6, 6.07) is 1.63. The molecule has 0 aliphatic carbocycles. The molecule has 24 heavy (non-hydrogen) atoms. The van der Waals surface area contributed by atoms with Gasteiger partial charge in [-0.15, -0.1) is 0 Å². The highest BCUT2D eigenvalue weighted by Crippen LogP contribution is 2.25. The van der Waals surface area contributed by atoms with Gasteiger partial charge in [0.05, 0.1) is 4.83 Å². The molecular formula is C16H16BrF3N2O2. The zero-order valence-electron chi connectivity index (χ0n) is 12.6. The molecule has 0 radical (unpaired) electrons.